The van der Waals surface area contributed by atoms with E-state index in [1.165, 1.54) is 22.0 Å². The van der Waals surface area contributed by atoms with E-state index in [0.717, 1.165) is 44.2 Å². The van der Waals surface area contributed by atoms with Crippen LogP contribution in [0.4, 0.5) is 0 Å². The number of benzene rings is 1. The van der Waals surface area contributed by atoms with Gasteiger partial charge in [-0.2, -0.15) is 0 Å². The van der Waals surface area contributed by atoms with Crippen molar-refractivity contribution in [3.05, 3.63) is 47.7 Å². The Morgan fingerprint density at radius 3 is 2.82 bits per heavy atom. The number of piperazine rings is 1. The van der Waals surface area contributed by atoms with E-state index < -0.39 is 0 Å². The Morgan fingerprint density at radius 1 is 1.18 bits per heavy atom. The maximum atomic E-state index is 5.65. The zero-order valence-electron chi connectivity index (χ0n) is 12.9. The highest BCUT2D eigenvalue weighted by Crippen LogP contribution is 2.32. The molecule has 4 rings (SSSR count). The summed E-state index contributed by atoms with van der Waals surface area (Å²) in [5, 5.41) is 4.72. The highest BCUT2D eigenvalue weighted by atomic mass is 16.3. The Hall–Kier alpha value is -2.04. The van der Waals surface area contributed by atoms with Crippen molar-refractivity contribution in [2.24, 2.45) is 0 Å². The molecule has 0 bridgehead atoms. The van der Waals surface area contributed by atoms with Crippen LogP contribution in [0.5, 0.6) is 0 Å². The smallest absolute Gasteiger partial charge is 0.150 e. The number of hydrogen-bond donors (Lipinski definition) is 2. The molecule has 2 N–H and O–H groups in total. The van der Waals surface area contributed by atoms with E-state index in [1.54, 1.807) is 6.26 Å². The van der Waals surface area contributed by atoms with Crippen LogP contribution in [0.15, 0.2) is 41.0 Å². The molecule has 0 radical (unpaired) electrons. The molecule has 0 amide bonds. The van der Waals surface area contributed by atoms with Crippen LogP contribution in [0.3, 0.4) is 0 Å². The zero-order chi connectivity index (χ0) is 14.9. The largest absolute Gasteiger partial charge is 0.463 e. The fourth-order valence-corrected chi connectivity index (χ4v) is 3.25. The van der Waals surface area contributed by atoms with Crippen LogP contribution in [-0.4, -0.2) is 36.1 Å². The molecule has 0 atom stereocenters. The molecular weight excluding hydrogens is 274 g/mol. The second kappa shape index (κ2) is 5.63. The van der Waals surface area contributed by atoms with Gasteiger partial charge in [-0.05, 0) is 31.2 Å². The van der Waals surface area contributed by atoms with E-state index in [4.69, 9.17) is 4.42 Å². The molecule has 1 saturated heterocycles. The predicted octanol–water partition coefficient (Wildman–Crippen LogP) is 3.14. The van der Waals surface area contributed by atoms with Crippen molar-refractivity contribution in [1.82, 2.24) is 15.2 Å². The molecule has 114 valence electrons. The van der Waals surface area contributed by atoms with Crippen molar-refractivity contribution in [2.75, 3.05) is 26.2 Å². The van der Waals surface area contributed by atoms with Crippen molar-refractivity contribution >= 4 is 10.9 Å². The number of nitrogens with zero attached hydrogens (tertiary/aromatic N) is 1. The molecule has 1 aliphatic rings. The summed E-state index contributed by atoms with van der Waals surface area (Å²) in [6.45, 7) is 7.43. The lowest BCUT2D eigenvalue weighted by atomic mass is 10.1. The number of furan rings is 1. The Bertz CT molecular complexity index is 767. The van der Waals surface area contributed by atoms with E-state index in [9.17, 15) is 0 Å². The molecule has 22 heavy (non-hydrogen) atoms. The Kier molecular flexibility index (Phi) is 3.48. The Labute approximate surface area is 130 Å². The van der Waals surface area contributed by atoms with Gasteiger partial charge in [0.2, 0.25) is 0 Å². The first-order valence-corrected chi connectivity index (χ1v) is 7.89. The summed E-state index contributed by atoms with van der Waals surface area (Å²) in [5.74, 6) is 0.916. The maximum absolute atomic E-state index is 5.65. The van der Waals surface area contributed by atoms with Crippen molar-refractivity contribution in [1.29, 1.82) is 0 Å². The van der Waals surface area contributed by atoms with Gasteiger partial charge >= 0.3 is 0 Å². The minimum Gasteiger partial charge on any atom is -0.463 e. The van der Waals surface area contributed by atoms with Gasteiger partial charge in [0.05, 0.1) is 12.0 Å². The van der Waals surface area contributed by atoms with Crippen molar-refractivity contribution in [3.8, 4) is 11.5 Å². The average Bonchev–Trinajstić information content (AvgIpc) is 3.17. The van der Waals surface area contributed by atoms with Crippen LogP contribution in [-0.2, 0) is 6.54 Å². The summed E-state index contributed by atoms with van der Waals surface area (Å²) in [6, 6.07) is 10.6. The number of rotatable bonds is 3. The van der Waals surface area contributed by atoms with Crippen LogP contribution < -0.4 is 5.32 Å². The lowest BCUT2D eigenvalue weighted by Gasteiger charge is -2.27. The fraction of sp³-hybridized carbons (Fsp3) is 0.333. The van der Waals surface area contributed by atoms with Gasteiger partial charge in [-0.1, -0.05) is 11.6 Å². The monoisotopic (exact) mass is 295 g/mol. The number of H-pyrrole nitrogens is 1. The van der Waals surface area contributed by atoms with E-state index >= 15 is 0 Å². The molecule has 2 aromatic heterocycles. The van der Waals surface area contributed by atoms with E-state index in [-0.39, 0.29) is 0 Å². The van der Waals surface area contributed by atoms with E-state index in [2.05, 4.69) is 40.3 Å². The van der Waals surface area contributed by atoms with Gasteiger partial charge in [-0.25, -0.2) is 0 Å². The minimum absolute atomic E-state index is 0.916. The molecular formula is C18H21N3O. The van der Waals surface area contributed by atoms with Gasteiger partial charge in [0.1, 0.15) is 5.76 Å². The molecule has 1 fully saturated rings. The molecule has 0 unspecified atom stereocenters. The number of fused-ring (bicyclic) bond motifs is 1. The third kappa shape index (κ3) is 2.45. The normalized spacial score (nSPS) is 16.4. The van der Waals surface area contributed by atoms with Gasteiger partial charge in [-0.3, -0.25) is 4.90 Å². The van der Waals surface area contributed by atoms with Crippen molar-refractivity contribution < 1.29 is 4.42 Å². The number of aryl methyl sites for hydroxylation is 1. The standard InChI is InChI=1S/C18H21N3O/c1-13-4-5-16-14(11-13)15(12-21-8-6-19-7-9-21)18(20-16)17-3-2-10-22-17/h2-5,10-11,19-20H,6-9,12H2,1H3. The molecule has 0 aliphatic carbocycles. The van der Waals surface area contributed by atoms with Crippen molar-refractivity contribution in [3.63, 3.8) is 0 Å². The van der Waals surface area contributed by atoms with Crippen LogP contribution in [0.25, 0.3) is 22.4 Å². The molecule has 4 nitrogen and oxygen atoms in total. The first kappa shape index (κ1) is 13.6. The highest BCUT2D eigenvalue weighted by Gasteiger charge is 2.19. The van der Waals surface area contributed by atoms with Gasteiger partial charge < -0.3 is 14.7 Å². The van der Waals surface area contributed by atoms with E-state index in [0.29, 0.717) is 0 Å². The highest BCUT2D eigenvalue weighted by molar-refractivity contribution is 5.90. The third-order valence-corrected chi connectivity index (χ3v) is 4.42. The lowest BCUT2D eigenvalue weighted by molar-refractivity contribution is 0.234. The van der Waals surface area contributed by atoms with Gasteiger partial charge in [0.25, 0.3) is 0 Å². The number of nitrogens with one attached hydrogen (secondary N) is 2. The lowest BCUT2D eigenvalue weighted by Crippen LogP contribution is -2.42. The van der Waals surface area contributed by atoms with Crippen LogP contribution in [0.1, 0.15) is 11.1 Å². The second-order valence-corrected chi connectivity index (χ2v) is 6.03. The number of aromatic nitrogens is 1. The third-order valence-electron chi connectivity index (χ3n) is 4.42. The quantitative estimate of drug-likeness (QED) is 0.780. The Balaban J connectivity index is 1.81. The van der Waals surface area contributed by atoms with E-state index in [1.807, 2.05) is 12.1 Å². The van der Waals surface area contributed by atoms with Gasteiger partial charge in [0, 0.05) is 49.2 Å². The summed E-state index contributed by atoms with van der Waals surface area (Å²) in [6.07, 6.45) is 1.74. The van der Waals surface area contributed by atoms with Crippen LogP contribution in [0, 0.1) is 6.92 Å². The minimum atomic E-state index is 0.916. The van der Waals surface area contributed by atoms with Crippen LogP contribution in [0.2, 0.25) is 0 Å². The molecule has 4 heteroatoms. The molecule has 3 aromatic rings. The SMILES string of the molecule is Cc1ccc2[nH]c(-c3ccco3)c(CN3CCNCC3)c2c1. The molecule has 3 heterocycles. The van der Waals surface area contributed by atoms with Gasteiger partial charge in [0.15, 0.2) is 0 Å². The summed E-state index contributed by atoms with van der Waals surface area (Å²) >= 11 is 0. The number of hydrogen-bond acceptors (Lipinski definition) is 3. The molecule has 1 aromatic carbocycles. The second-order valence-electron chi connectivity index (χ2n) is 6.03. The Morgan fingerprint density at radius 2 is 2.05 bits per heavy atom. The summed E-state index contributed by atoms with van der Waals surface area (Å²) in [4.78, 5) is 6.06. The van der Waals surface area contributed by atoms with Crippen molar-refractivity contribution in [2.45, 2.75) is 13.5 Å². The first-order valence-electron chi connectivity index (χ1n) is 7.89. The number of aromatic amines is 1. The first-order chi connectivity index (χ1) is 10.8. The zero-order valence-corrected chi connectivity index (χ0v) is 12.9. The summed E-state index contributed by atoms with van der Waals surface area (Å²) in [5.41, 5.74) is 4.93. The maximum Gasteiger partial charge on any atom is 0.150 e. The van der Waals surface area contributed by atoms with Crippen LogP contribution >= 0.6 is 0 Å². The fourth-order valence-electron chi connectivity index (χ4n) is 3.25. The topological polar surface area (TPSA) is 44.2 Å². The summed E-state index contributed by atoms with van der Waals surface area (Å²) < 4.78 is 5.65. The molecule has 1 aliphatic heterocycles. The average molecular weight is 295 g/mol. The predicted molar refractivity (Wildman–Crippen MR) is 88.9 cm³/mol. The molecule has 0 saturated carbocycles. The van der Waals surface area contributed by atoms with Gasteiger partial charge in [-0.15, -0.1) is 0 Å². The summed E-state index contributed by atoms with van der Waals surface area (Å²) in [7, 11) is 0. The molecule has 0 spiro atoms.